The SMILES string of the molecule is CCOC(=O)C1(CNCc2ccc(S(C)(=O)=O)cc2)CCCCC1. The fraction of sp³-hybridized carbons (Fsp3) is 0.611. The van der Waals surface area contributed by atoms with Crippen molar-refractivity contribution in [3.63, 3.8) is 0 Å². The molecule has 5 nitrogen and oxygen atoms in total. The lowest BCUT2D eigenvalue weighted by Gasteiger charge is -2.35. The lowest BCUT2D eigenvalue weighted by molar-refractivity contribution is -0.157. The lowest BCUT2D eigenvalue weighted by atomic mass is 9.74. The van der Waals surface area contributed by atoms with Crippen molar-refractivity contribution in [1.82, 2.24) is 5.32 Å². The minimum atomic E-state index is -3.17. The highest BCUT2D eigenvalue weighted by Crippen LogP contribution is 2.37. The Balaban J connectivity index is 1.96. The van der Waals surface area contributed by atoms with Crippen molar-refractivity contribution in [2.24, 2.45) is 5.41 Å². The number of ether oxygens (including phenoxy) is 1. The van der Waals surface area contributed by atoms with E-state index in [4.69, 9.17) is 4.74 Å². The first-order chi connectivity index (χ1) is 11.4. The maximum atomic E-state index is 12.4. The van der Waals surface area contributed by atoms with Gasteiger partial charge in [-0.25, -0.2) is 8.42 Å². The number of hydrogen-bond donors (Lipinski definition) is 1. The van der Waals surface area contributed by atoms with E-state index in [-0.39, 0.29) is 5.97 Å². The molecule has 0 unspecified atom stereocenters. The molecular weight excluding hydrogens is 326 g/mol. The minimum Gasteiger partial charge on any atom is -0.466 e. The normalized spacial score (nSPS) is 17.4. The van der Waals surface area contributed by atoms with Crippen LogP contribution in [0.3, 0.4) is 0 Å². The van der Waals surface area contributed by atoms with Gasteiger partial charge in [0.1, 0.15) is 0 Å². The highest BCUT2D eigenvalue weighted by Gasteiger charge is 2.40. The largest absolute Gasteiger partial charge is 0.466 e. The van der Waals surface area contributed by atoms with Gasteiger partial charge in [0, 0.05) is 19.3 Å². The molecule has 0 radical (unpaired) electrons. The maximum Gasteiger partial charge on any atom is 0.313 e. The molecule has 1 saturated carbocycles. The number of esters is 1. The maximum absolute atomic E-state index is 12.4. The minimum absolute atomic E-state index is 0.0929. The van der Waals surface area contributed by atoms with Crippen LogP contribution in [-0.2, 0) is 25.9 Å². The monoisotopic (exact) mass is 353 g/mol. The zero-order valence-electron chi connectivity index (χ0n) is 14.5. The van der Waals surface area contributed by atoms with E-state index in [1.54, 1.807) is 24.3 Å². The van der Waals surface area contributed by atoms with Gasteiger partial charge in [-0.15, -0.1) is 0 Å². The van der Waals surface area contributed by atoms with Crippen molar-refractivity contribution in [1.29, 1.82) is 0 Å². The molecule has 1 aliphatic carbocycles. The van der Waals surface area contributed by atoms with Crippen LogP contribution in [0.15, 0.2) is 29.2 Å². The molecule has 0 atom stereocenters. The van der Waals surface area contributed by atoms with Crippen molar-refractivity contribution in [3.05, 3.63) is 29.8 Å². The molecule has 0 spiro atoms. The second-order valence-electron chi connectivity index (χ2n) is 6.58. The molecule has 0 amide bonds. The second-order valence-corrected chi connectivity index (χ2v) is 8.60. The summed E-state index contributed by atoms with van der Waals surface area (Å²) in [5.41, 5.74) is 0.582. The van der Waals surface area contributed by atoms with Gasteiger partial charge < -0.3 is 10.1 Å². The summed E-state index contributed by atoms with van der Waals surface area (Å²) >= 11 is 0. The summed E-state index contributed by atoms with van der Waals surface area (Å²) in [7, 11) is -3.17. The van der Waals surface area contributed by atoms with Crippen LogP contribution < -0.4 is 5.32 Å². The third-order valence-electron chi connectivity index (χ3n) is 4.66. The number of nitrogens with one attached hydrogen (secondary N) is 1. The molecule has 0 aliphatic heterocycles. The number of hydrogen-bond acceptors (Lipinski definition) is 5. The Labute approximate surface area is 144 Å². The zero-order chi connectivity index (χ0) is 17.6. The molecule has 6 heteroatoms. The number of carbonyl (C=O) groups excluding carboxylic acids is 1. The Morgan fingerprint density at radius 1 is 1.17 bits per heavy atom. The summed E-state index contributed by atoms with van der Waals surface area (Å²) in [5, 5.41) is 3.36. The van der Waals surface area contributed by atoms with Gasteiger partial charge >= 0.3 is 5.97 Å². The van der Waals surface area contributed by atoms with E-state index in [2.05, 4.69) is 5.32 Å². The Kier molecular flexibility index (Phi) is 6.40. The molecule has 24 heavy (non-hydrogen) atoms. The van der Waals surface area contributed by atoms with E-state index < -0.39 is 15.3 Å². The van der Waals surface area contributed by atoms with Crippen molar-refractivity contribution in [3.8, 4) is 0 Å². The predicted molar refractivity (Wildman–Crippen MR) is 93.4 cm³/mol. The first-order valence-corrected chi connectivity index (χ1v) is 10.4. The van der Waals surface area contributed by atoms with E-state index in [9.17, 15) is 13.2 Å². The van der Waals surface area contributed by atoms with Crippen LogP contribution in [0.2, 0.25) is 0 Å². The summed E-state index contributed by atoms with van der Waals surface area (Å²) < 4.78 is 28.2. The van der Waals surface area contributed by atoms with Crippen molar-refractivity contribution >= 4 is 15.8 Å². The summed E-state index contributed by atoms with van der Waals surface area (Å²) in [6.07, 6.45) is 6.23. The highest BCUT2D eigenvalue weighted by atomic mass is 32.2. The third-order valence-corrected chi connectivity index (χ3v) is 5.79. The quantitative estimate of drug-likeness (QED) is 0.763. The fourth-order valence-corrected chi connectivity index (χ4v) is 3.90. The number of sulfone groups is 1. The Hall–Kier alpha value is -1.40. The first kappa shape index (κ1) is 18.9. The van der Waals surface area contributed by atoms with Crippen LogP contribution in [0.25, 0.3) is 0 Å². The molecule has 0 bridgehead atoms. The molecule has 0 heterocycles. The van der Waals surface area contributed by atoms with Gasteiger partial charge in [0.15, 0.2) is 9.84 Å². The van der Waals surface area contributed by atoms with Crippen LogP contribution in [0.4, 0.5) is 0 Å². The van der Waals surface area contributed by atoms with Gasteiger partial charge in [0.05, 0.1) is 16.9 Å². The lowest BCUT2D eigenvalue weighted by Crippen LogP contribution is -2.43. The zero-order valence-corrected chi connectivity index (χ0v) is 15.3. The van der Waals surface area contributed by atoms with E-state index >= 15 is 0 Å². The van der Waals surface area contributed by atoms with Crippen molar-refractivity contribution in [2.75, 3.05) is 19.4 Å². The molecular formula is C18H27NO4S. The molecule has 0 aromatic heterocycles. The Morgan fingerprint density at radius 2 is 1.79 bits per heavy atom. The van der Waals surface area contributed by atoms with Crippen LogP contribution in [-0.4, -0.2) is 33.8 Å². The van der Waals surface area contributed by atoms with Crippen molar-refractivity contribution in [2.45, 2.75) is 50.5 Å². The van der Waals surface area contributed by atoms with Gasteiger partial charge in [0.2, 0.25) is 0 Å². The third kappa shape index (κ3) is 4.80. The summed E-state index contributed by atoms with van der Waals surface area (Å²) in [6, 6.07) is 6.85. The van der Waals surface area contributed by atoms with Crippen LogP contribution in [0.5, 0.6) is 0 Å². The molecule has 1 aliphatic rings. The van der Waals surface area contributed by atoms with E-state index in [1.165, 1.54) is 12.7 Å². The molecule has 1 N–H and O–H groups in total. The number of carbonyl (C=O) groups is 1. The average molecular weight is 353 g/mol. The van der Waals surface area contributed by atoms with Gasteiger partial charge in [0.25, 0.3) is 0 Å². The molecule has 0 saturated heterocycles. The van der Waals surface area contributed by atoms with Gasteiger partial charge in [-0.05, 0) is 37.5 Å². The Bertz CT molecular complexity index is 646. The molecule has 134 valence electrons. The predicted octanol–water partition coefficient (Wildman–Crippen LogP) is 2.69. The standard InChI is InChI=1S/C18H27NO4S/c1-3-23-17(20)18(11-5-4-6-12-18)14-19-13-15-7-9-16(10-8-15)24(2,21)22/h7-10,19H,3-6,11-14H2,1-2H3. The Morgan fingerprint density at radius 3 is 2.33 bits per heavy atom. The van der Waals surface area contributed by atoms with E-state index in [0.29, 0.717) is 24.6 Å². The molecule has 2 rings (SSSR count). The molecule has 1 fully saturated rings. The van der Waals surface area contributed by atoms with Gasteiger partial charge in [-0.1, -0.05) is 31.4 Å². The van der Waals surface area contributed by atoms with Gasteiger partial charge in [-0.3, -0.25) is 4.79 Å². The fourth-order valence-electron chi connectivity index (χ4n) is 3.27. The van der Waals surface area contributed by atoms with Crippen LogP contribution in [0, 0.1) is 5.41 Å². The first-order valence-electron chi connectivity index (χ1n) is 8.54. The molecule has 1 aromatic carbocycles. The molecule has 1 aromatic rings. The average Bonchev–Trinajstić information content (AvgIpc) is 2.55. The van der Waals surface area contributed by atoms with Crippen molar-refractivity contribution < 1.29 is 17.9 Å². The summed E-state index contributed by atoms with van der Waals surface area (Å²) in [5.74, 6) is -0.0929. The topological polar surface area (TPSA) is 72.5 Å². The van der Waals surface area contributed by atoms with Crippen LogP contribution >= 0.6 is 0 Å². The second kappa shape index (κ2) is 8.12. The highest BCUT2D eigenvalue weighted by molar-refractivity contribution is 7.90. The number of benzene rings is 1. The van der Waals surface area contributed by atoms with Gasteiger partial charge in [-0.2, -0.15) is 0 Å². The van der Waals surface area contributed by atoms with Crippen LogP contribution in [0.1, 0.15) is 44.6 Å². The summed E-state index contributed by atoms with van der Waals surface area (Å²) in [4.78, 5) is 12.7. The van der Waals surface area contributed by atoms with E-state index in [1.807, 2.05) is 6.92 Å². The van der Waals surface area contributed by atoms with E-state index in [0.717, 1.165) is 31.2 Å². The summed E-state index contributed by atoms with van der Waals surface area (Å²) in [6.45, 7) is 3.45. The smallest absolute Gasteiger partial charge is 0.313 e. The number of rotatable bonds is 7.